The predicted molar refractivity (Wildman–Crippen MR) is 71.3 cm³/mol. The van der Waals surface area contributed by atoms with Gasteiger partial charge in [0.05, 0.1) is 0 Å². The SMILES string of the molecule is O=C(C=Cc1ccccc1)c1ccc(Cl)cc1. The summed E-state index contributed by atoms with van der Waals surface area (Å²) in [4.78, 5) is 11.8. The Labute approximate surface area is 105 Å². The molecule has 0 heterocycles. The zero-order valence-electron chi connectivity index (χ0n) is 9.14. The Balaban J connectivity index is 2.12. The van der Waals surface area contributed by atoms with Crippen LogP contribution >= 0.6 is 11.6 Å². The summed E-state index contributed by atoms with van der Waals surface area (Å²) in [5, 5.41) is 0.633. The van der Waals surface area contributed by atoms with E-state index in [0.29, 0.717) is 10.6 Å². The Hall–Kier alpha value is -1.86. The van der Waals surface area contributed by atoms with Gasteiger partial charge in [0.25, 0.3) is 0 Å². The molecule has 2 aromatic rings. The molecule has 0 aliphatic carbocycles. The Bertz CT molecular complexity index is 527. The lowest BCUT2D eigenvalue weighted by atomic mass is 10.1. The average molecular weight is 243 g/mol. The second-order valence-corrected chi connectivity index (χ2v) is 4.05. The van der Waals surface area contributed by atoms with E-state index in [9.17, 15) is 4.79 Å². The fraction of sp³-hybridized carbons (Fsp3) is 0. The van der Waals surface area contributed by atoms with E-state index in [1.807, 2.05) is 30.3 Å². The van der Waals surface area contributed by atoms with Crippen molar-refractivity contribution in [2.75, 3.05) is 0 Å². The van der Waals surface area contributed by atoms with E-state index >= 15 is 0 Å². The van der Waals surface area contributed by atoms with E-state index < -0.39 is 0 Å². The van der Waals surface area contributed by atoms with E-state index in [0.717, 1.165) is 5.56 Å². The van der Waals surface area contributed by atoms with E-state index in [-0.39, 0.29) is 5.78 Å². The molecule has 0 aromatic heterocycles. The minimum atomic E-state index is -0.0227. The maximum atomic E-state index is 11.8. The second-order valence-electron chi connectivity index (χ2n) is 3.62. The molecule has 0 atom stereocenters. The monoisotopic (exact) mass is 242 g/mol. The molecule has 84 valence electrons. The number of hydrogen-bond acceptors (Lipinski definition) is 1. The van der Waals surface area contributed by atoms with Crippen molar-refractivity contribution in [3.05, 3.63) is 76.8 Å². The number of halogens is 1. The summed E-state index contributed by atoms with van der Waals surface area (Å²) in [5.74, 6) is -0.0227. The average Bonchev–Trinajstić information content (AvgIpc) is 2.38. The molecule has 0 radical (unpaired) electrons. The Kier molecular flexibility index (Phi) is 3.73. The quantitative estimate of drug-likeness (QED) is 0.581. The van der Waals surface area contributed by atoms with Crippen molar-refractivity contribution in [2.45, 2.75) is 0 Å². The van der Waals surface area contributed by atoms with Gasteiger partial charge < -0.3 is 0 Å². The van der Waals surface area contributed by atoms with E-state index in [1.54, 1.807) is 36.4 Å². The summed E-state index contributed by atoms with van der Waals surface area (Å²) in [6.45, 7) is 0. The molecule has 17 heavy (non-hydrogen) atoms. The van der Waals surface area contributed by atoms with Gasteiger partial charge >= 0.3 is 0 Å². The molecule has 0 aliphatic rings. The van der Waals surface area contributed by atoms with Crippen LogP contribution in [0.15, 0.2) is 60.7 Å². The summed E-state index contributed by atoms with van der Waals surface area (Å²) < 4.78 is 0. The van der Waals surface area contributed by atoms with Gasteiger partial charge in [0.1, 0.15) is 0 Å². The lowest BCUT2D eigenvalue weighted by molar-refractivity contribution is 0.104. The molecule has 0 N–H and O–H groups in total. The number of ketones is 1. The first-order valence-corrected chi connectivity index (χ1v) is 5.66. The van der Waals surface area contributed by atoms with Gasteiger partial charge in [-0.1, -0.05) is 48.0 Å². The highest BCUT2D eigenvalue weighted by Gasteiger charge is 2.00. The lowest BCUT2D eigenvalue weighted by Crippen LogP contribution is -1.92. The number of benzene rings is 2. The third-order valence-corrected chi connectivity index (χ3v) is 2.61. The molecule has 0 unspecified atom stereocenters. The second kappa shape index (κ2) is 5.46. The number of rotatable bonds is 3. The van der Waals surface area contributed by atoms with Crippen LogP contribution in [-0.4, -0.2) is 5.78 Å². The predicted octanol–water partition coefficient (Wildman–Crippen LogP) is 4.24. The molecule has 0 spiro atoms. The van der Waals surface area contributed by atoms with Crippen LogP contribution in [-0.2, 0) is 0 Å². The Morgan fingerprint density at radius 2 is 1.59 bits per heavy atom. The number of carbonyl (C=O) groups is 1. The van der Waals surface area contributed by atoms with Crippen LogP contribution in [0.1, 0.15) is 15.9 Å². The van der Waals surface area contributed by atoms with Crippen molar-refractivity contribution >= 4 is 23.5 Å². The molecule has 2 aromatic carbocycles. The molecular formula is C15H11ClO. The van der Waals surface area contributed by atoms with Crippen LogP contribution in [0.3, 0.4) is 0 Å². The summed E-state index contributed by atoms with van der Waals surface area (Å²) in [6.07, 6.45) is 3.37. The van der Waals surface area contributed by atoms with Crippen LogP contribution in [0, 0.1) is 0 Å². The van der Waals surface area contributed by atoms with E-state index in [1.165, 1.54) is 0 Å². The number of allylic oxidation sites excluding steroid dienone is 1. The molecule has 0 saturated heterocycles. The Morgan fingerprint density at radius 3 is 2.24 bits per heavy atom. The standard InChI is InChI=1S/C15H11ClO/c16-14-9-7-13(8-10-14)15(17)11-6-12-4-2-1-3-5-12/h1-11H. The number of carbonyl (C=O) groups excluding carboxylic acids is 1. The fourth-order valence-corrected chi connectivity index (χ4v) is 1.57. The molecule has 0 bridgehead atoms. The van der Waals surface area contributed by atoms with Crippen molar-refractivity contribution < 1.29 is 4.79 Å². The topological polar surface area (TPSA) is 17.1 Å². The Morgan fingerprint density at radius 1 is 0.941 bits per heavy atom. The van der Waals surface area contributed by atoms with Crippen molar-refractivity contribution in [3.8, 4) is 0 Å². The minimum absolute atomic E-state index is 0.0227. The molecule has 0 fully saturated rings. The summed E-state index contributed by atoms with van der Waals surface area (Å²) in [5.41, 5.74) is 1.65. The summed E-state index contributed by atoms with van der Waals surface area (Å²) >= 11 is 5.76. The van der Waals surface area contributed by atoms with Crippen molar-refractivity contribution in [1.82, 2.24) is 0 Å². The van der Waals surface area contributed by atoms with Crippen LogP contribution in [0.5, 0.6) is 0 Å². The summed E-state index contributed by atoms with van der Waals surface area (Å²) in [6, 6.07) is 16.6. The highest BCUT2D eigenvalue weighted by Crippen LogP contribution is 2.11. The molecule has 0 aliphatic heterocycles. The molecule has 2 heteroatoms. The van der Waals surface area contributed by atoms with Gasteiger partial charge in [0.15, 0.2) is 5.78 Å². The minimum Gasteiger partial charge on any atom is -0.289 e. The van der Waals surface area contributed by atoms with Crippen LogP contribution in [0.2, 0.25) is 5.02 Å². The molecular weight excluding hydrogens is 232 g/mol. The lowest BCUT2D eigenvalue weighted by Gasteiger charge is -1.96. The van der Waals surface area contributed by atoms with Gasteiger partial charge in [0.2, 0.25) is 0 Å². The number of hydrogen-bond donors (Lipinski definition) is 0. The maximum absolute atomic E-state index is 11.8. The smallest absolute Gasteiger partial charge is 0.185 e. The van der Waals surface area contributed by atoms with Crippen molar-refractivity contribution in [2.24, 2.45) is 0 Å². The van der Waals surface area contributed by atoms with Crippen LogP contribution < -0.4 is 0 Å². The highest BCUT2D eigenvalue weighted by molar-refractivity contribution is 6.30. The van der Waals surface area contributed by atoms with Gasteiger partial charge in [-0.15, -0.1) is 0 Å². The van der Waals surface area contributed by atoms with Gasteiger partial charge in [-0.3, -0.25) is 4.79 Å². The normalized spacial score (nSPS) is 10.6. The molecule has 2 rings (SSSR count). The van der Waals surface area contributed by atoms with Gasteiger partial charge in [-0.25, -0.2) is 0 Å². The van der Waals surface area contributed by atoms with Crippen molar-refractivity contribution in [1.29, 1.82) is 0 Å². The van der Waals surface area contributed by atoms with E-state index in [2.05, 4.69) is 0 Å². The zero-order chi connectivity index (χ0) is 12.1. The molecule has 0 amide bonds. The fourth-order valence-electron chi connectivity index (χ4n) is 1.45. The van der Waals surface area contributed by atoms with E-state index in [4.69, 9.17) is 11.6 Å². The molecule has 0 saturated carbocycles. The van der Waals surface area contributed by atoms with Crippen molar-refractivity contribution in [3.63, 3.8) is 0 Å². The first-order valence-electron chi connectivity index (χ1n) is 5.29. The first-order chi connectivity index (χ1) is 8.25. The molecule has 1 nitrogen and oxygen atoms in total. The van der Waals surface area contributed by atoms with Gasteiger partial charge in [-0.2, -0.15) is 0 Å². The van der Waals surface area contributed by atoms with Gasteiger partial charge in [0, 0.05) is 10.6 Å². The highest BCUT2D eigenvalue weighted by atomic mass is 35.5. The third-order valence-electron chi connectivity index (χ3n) is 2.36. The van der Waals surface area contributed by atoms with Gasteiger partial charge in [-0.05, 0) is 35.9 Å². The maximum Gasteiger partial charge on any atom is 0.185 e. The third kappa shape index (κ3) is 3.30. The largest absolute Gasteiger partial charge is 0.289 e. The first kappa shape index (κ1) is 11.6. The van der Waals surface area contributed by atoms with Crippen LogP contribution in [0.25, 0.3) is 6.08 Å². The summed E-state index contributed by atoms with van der Waals surface area (Å²) in [7, 11) is 0. The zero-order valence-corrected chi connectivity index (χ0v) is 9.89. The van der Waals surface area contributed by atoms with Crippen LogP contribution in [0.4, 0.5) is 0 Å².